The Morgan fingerprint density at radius 1 is 1.00 bits per heavy atom. The van der Waals surface area contributed by atoms with E-state index in [0.717, 1.165) is 16.8 Å². The van der Waals surface area contributed by atoms with E-state index in [1.165, 1.54) is 30.6 Å². The standard InChI is InChI=1S/C16H11F3N4O2.2ClH/c17-16(18,19)11-6-2-1-4-9(11)15(25)22-23-8-21-13-10(14(20)24)5-3-7-12(13)23;;/h1-8H,(H2,20,24)(H,22,25);2*1H. The number of carbonyl (C=O) groups is 2. The molecule has 0 aliphatic heterocycles. The number of para-hydroxylation sites is 1. The van der Waals surface area contributed by atoms with Gasteiger partial charge in [0.25, 0.3) is 11.8 Å². The number of nitrogens with one attached hydrogen (secondary N) is 1. The number of hydrogen-bond donors (Lipinski definition) is 2. The Morgan fingerprint density at radius 3 is 2.26 bits per heavy atom. The van der Waals surface area contributed by atoms with Gasteiger partial charge in [0.2, 0.25) is 0 Å². The molecule has 11 heteroatoms. The molecule has 0 radical (unpaired) electrons. The molecule has 0 bridgehead atoms. The van der Waals surface area contributed by atoms with E-state index in [4.69, 9.17) is 5.73 Å². The van der Waals surface area contributed by atoms with Gasteiger partial charge in [-0.25, -0.2) is 9.66 Å². The van der Waals surface area contributed by atoms with Crippen LogP contribution in [0.25, 0.3) is 11.0 Å². The molecule has 0 saturated heterocycles. The number of nitrogens with zero attached hydrogens (tertiary/aromatic N) is 2. The second-order valence-corrected chi connectivity index (χ2v) is 5.14. The minimum atomic E-state index is -4.66. The van der Waals surface area contributed by atoms with E-state index < -0.39 is 29.1 Å². The van der Waals surface area contributed by atoms with Crippen LogP contribution in [-0.4, -0.2) is 21.5 Å². The lowest BCUT2D eigenvalue weighted by molar-refractivity contribution is -0.137. The number of amides is 2. The highest BCUT2D eigenvalue weighted by Crippen LogP contribution is 2.31. The molecule has 2 amide bonds. The number of imidazole rings is 1. The van der Waals surface area contributed by atoms with Crippen LogP contribution in [0.2, 0.25) is 0 Å². The summed E-state index contributed by atoms with van der Waals surface area (Å²) in [7, 11) is 0. The van der Waals surface area contributed by atoms with Crippen molar-refractivity contribution >= 4 is 47.7 Å². The molecule has 6 nitrogen and oxygen atoms in total. The van der Waals surface area contributed by atoms with Gasteiger partial charge in [0.05, 0.1) is 22.2 Å². The van der Waals surface area contributed by atoms with Gasteiger partial charge in [-0.2, -0.15) is 13.2 Å². The van der Waals surface area contributed by atoms with Crippen LogP contribution in [0.1, 0.15) is 26.3 Å². The van der Waals surface area contributed by atoms with Crippen LogP contribution in [0, 0.1) is 0 Å². The van der Waals surface area contributed by atoms with Crippen molar-refractivity contribution in [3.05, 3.63) is 65.5 Å². The summed E-state index contributed by atoms with van der Waals surface area (Å²) in [6.07, 6.45) is -3.48. The van der Waals surface area contributed by atoms with Crippen molar-refractivity contribution in [1.82, 2.24) is 9.66 Å². The Bertz CT molecular complexity index is 989. The molecule has 0 saturated carbocycles. The molecular formula is C16H13Cl2F3N4O2. The number of aromatic nitrogens is 2. The summed E-state index contributed by atoms with van der Waals surface area (Å²) in [5.74, 6) is -1.67. The number of fused-ring (bicyclic) bond motifs is 1. The second kappa shape index (κ2) is 8.28. The maximum absolute atomic E-state index is 13.0. The molecular weight excluding hydrogens is 408 g/mol. The number of carbonyl (C=O) groups excluding carboxylic acids is 2. The number of primary amides is 1. The van der Waals surface area contributed by atoms with Gasteiger partial charge >= 0.3 is 6.18 Å². The maximum atomic E-state index is 13.0. The van der Waals surface area contributed by atoms with E-state index in [-0.39, 0.29) is 35.9 Å². The molecule has 3 N–H and O–H groups in total. The van der Waals surface area contributed by atoms with Gasteiger partial charge in [0.1, 0.15) is 11.8 Å². The minimum Gasteiger partial charge on any atom is -0.366 e. The Balaban J connectivity index is 0.00000182. The first-order valence-electron chi connectivity index (χ1n) is 7.02. The highest BCUT2D eigenvalue weighted by molar-refractivity contribution is 6.05. The van der Waals surface area contributed by atoms with Gasteiger partial charge in [-0.3, -0.25) is 15.0 Å². The van der Waals surface area contributed by atoms with Crippen molar-refractivity contribution in [1.29, 1.82) is 0 Å². The average molecular weight is 421 g/mol. The summed E-state index contributed by atoms with van der Waals surface area (Å²) in [4.78, 5) is 27.7. The van der Waals surface area contributed by atoms with Crippen LogP contribution in [0.5, 0.6) is 0 Å². The van der Waals surface area contributed by atoms with Gasteiger partial charge in [0.15, 0.2) is 0 Å². The third-order valence-corrected chi connectivity index (χ3v) is 3.54. The first-order chi connectivity index (χ1) is 11.8. The lowest BCUT2D eigenvalue weighted by Gasteiger charge is -2.13. The van der Waals surface area contributed by atoms with Gasteiger partial charge in [-0.15, -0.1) is 24.8 Å². The molecule has 0 aliphatic rings. The third kappa shape index (κ3) is 4.32. The average Bonchev–Trinajstić information content (AvgIpc) is 2.97. The summed E-state index contributed by atoms with van der Waals surface area (Å²) in [6, 6.07) is 8.97. The van der Waals surface area contributed by atoms with Crippen LogP contribution in [-0.2, 0) is 6.18 Å². The van der Waals surface area contributed by atoms with E-state index in [0.29, 0.717) is 5.52 Å². The normalized spacial score (nSPS) is 10.6. The predicted octanol–water partition coefficient (Wildman–Crippen LogP) is 3.38. The SMILES string of the molecule is Cl.Cl.NC(=O)c1cccc2c1ncn2NC(=O)c1ccccc1C(F)(F)F. The van der Waals surface area contributed by atoms with Crippen molar-refractivity contribution in [2.24, 2.45) is 5.73 Å². The number of alkyl halides is 3. The highest BCUT2D eigenvalue weighted by Gasteiger charge is 2.35. The summed E-state index contributed by atoms with van der Waals surface area (Å²) in [6.45, 7) is 0. The second-order valence-electron chi connectivity index (χ2n) is 5.14. The van der Waals surface area contributed by atoms with Crippen molar-refractivity contribution in [3.8, 4) is 0 Å². The fourth-order valence-corrected chi connectivity index (χ4v) is 2.42. The zero-order valence-corrected chi connectivity index (χ0v) is 15.0. The fourth-order valence-electron chi connectivity index (χ4n) is 2.42. The lowest BCUT2D eigenvalue weighted by atomic mass is 10.1. The van der Waals surface area contributed by atoms with Crippen molar-refractivity contribution < 1.29 is 22.8 Å². The Labute approximate surface area is 163 Å². The molecule has 1 heterocycles. The summed E-state index contributed by atoms with van der Waals surface area (Å²) < 4.78 is 40.2. The largest absolute Gasteiger partial charge is 0.417 e. The van der Waals surface area contributed by atoms with Crippen molar-refractivity contribution in [2.75, 3.05) is 5.43 Å². The van der Waals surface area contributed by atoms with Crippen LogP contribution in [0.3, 0.4) is 0 Å². The van der Waals surface area contributed by atoms with E-state index in [1.54, 1.807) is 6.07 Å². The smallest absolute Gasteiger partial charge is 0.366 e. The monoisotopic (exact) mass is 420 g/mol. The number of benzene rings is 2. The topological polar surface area (TPSA) is 90.0 Å². The van der Waals surface area contributed by atoms with E-state index in [2.05, 4.69) is 10.4 Å². The third-order valence-electron chi connectivity index (χ3n) is 3.54. The maximum Gasteiger partial charge on any atom is 0.417 e. The molecule has 144 valence electrons. The van der Waals surface area contributed by atoms with Crippen molar-refractivity contribution in [2.45, 2.75) is 6.18 Å². The van der Waals surface area contributed by atoms with Crippen LogP contribution in [0.4, 0.5) is 13.2 Å². The molecule has 3 rings (SSSR count). The fraction of sp³-hybridized carbons (Fsp3) is 0.0625. The molecule has 0 fully saturated rings. The summed E-state index contributed by atoms with van der Waals surface area (Å²) in [5, 5.41) is 0. The number of rotatable bonds is 3. The zero-order valence-electron chi connectivity index (χ0n) is 13.4. The van der Waals surface area contributed by atoms with Gasteiger partial charge in [0, 0.05) is 0 Å². The molecule has 1 aromatic heterocycles. The van der Waals surface area contributed by atoms with Crippen LogP contribution in [0.15, 0.2) is 48.8 Å². The summed E-state index contributed by atoms with van der Waals surface area (Å²) in [5.41, 5.74) is 6.70. The van der Waals surface area contributed by atoms with Crippen LogP contribution < -0.4 is 11.2 Å². The number of hydrogen-bond acceptors (Lipinski definition) is 3. The Kier molecular flexibility index (Phi) is 6.82. The predicted molar refractivity (Wildman–Crippen MR) is 97.9 cm³/mol. The first-order valence-corrected chi connectivity index (χ1v) is 7.02. The lowest BCUT2D eigenvalue weighted by Crippen LogP contribution is -2.25. The molecule has 0 atom stereocenters. The highest BCUT2D eigenvalue weighted by atomic mass is 35.5. The van der Waals surface area contributed by atoms with E-state index in [1.807, 2.05) is 0 Å². The number of nitrogens with two attached hydrogens (primary N) is 1. The molecule has 2 aromatic carbocycles. The van der Waals surface area contributed by atoms with E-state index in [9.17, 15) is 22.8 Å². The molecule has 27 heavy (non-hydrogen) atoms. The van der Waals surface area contributed by atoms with Gasteiger partial charge < -0.3 is 5.73 Å². The first kappa shape index (κ1) is 22.3. The zero-order chi connectivity index (χ0) is 18.2. The Hall–Kier alpha value is -2.78. The van der Waals surface area contributed by atoms with Crippen LogP contribution >= 0.6 is 24.8 Å². The molecule has 0 aliphatic carbocycles. The minimum absolute atomic E-state index is 0. The molecule has 0 spiro atoms. The quantitative estimate of drug-likeness (QED) is 0.680. The molecule has 3 aromatic rings. The number of halogens is 5. The van der Waals surface area contributed by atoms with Gasteiger partial charge in [-0.05, 0) is 24.3 Å². The van der Waals surface area contributed by atoms with Gasteiger partial charge in [-0.1, -0.05) is 18.2 Å². The summed E-state index contributed by atoms with van der Waals surface area (Å²) >= 11 is 0. The molecule has 0 unspecified atom stereocenters. The van der Waals surface area contributed by atoms with E-state index >= 15 is 0 Å². The Morgan fingerprint density at radius 2 is 1.63 bits per heavy atom. The van der Waals surface area contributed by atoms with Crippen molar-refractivity contribution in [3.63, 3.8) is 0 Å².